The van der Waals surface area contributed by atoms with Gasteiger partial charge < -0.3 is 5.32 Å². The summed E-state index contributed by atoms with van der Waals surface area (Å²) in [7, 11) is 0. The number of nitrogens with zero attached hydrogens (tertiary/aromatic N) is 4. The topological polar surface area (TPSA) is 74.5 Å². The van der Waals surface area contributed by atoms with Gasteiger partial charge in [-0.3, -0.25) is 4.98 Å². The van der Waals surface area contributed by atoms with E-state index in [4.69, 9.17) is 5.26 Å². The fourth-order valence-corrected chi connectivity index (χ4v) is 2.54. The fourth-order valence-electron chi connectivity index (χ4n) is 2.54. The Kier molecular flexibility index (Phi) is 4.90. The number of anilines is 1. The average molecular weight is 347 g/mol. The monoisotopic (exact) mass is 347 g/mol. The molecule has 0 atom stereocenters. The highest BCUT2D eigenvalue weighted by Gasteiger charge is 2.20. The first-order chi connectivity index (χ1) is 12.5. The molecule has 2 aromatic heterocycles. The summed E-state index contributed by atoms with van der Waals surface area (Å²) in [6.07, 6.45) is 3.15. The van der Waals surface area contributed by atoms with Crippen molar-refractivity contribution >= 4 is 5.82 Å². The van der Waals surface area contributed by atoms with Crippen LogP contribution in [0.4, 0.5) is 10.2 Å². The molecule has 1 aromatic carbocycles. The van der Waals surface area contributed by atoms with Crippen LogP contribution in [0.5, 0.6) is 0 Å². The maximum Gasteiger partial charge on any atom is 0.148 e. The lowest BCUT2D eigenvalue weighted by atomic mass is 9.84. The molecule has 0 aliphatic heterocycles. The summed E-state index contributed by atoms with van der Waals surface area (Å²) < 4.78 is 13.1. The quantitative estimate of drug-likeness (QED) is 0.757. The van der Waals surface area contributed by atoms with Crippen LogP contribution >= 0.6 is 0 Å². The van der Waals surface area contributed by atoms with E-state index in [9.17, 15) is 4.39 Å². The van der Waals surface area contributed by atoms with Crippen LogP contribution in [0.1, 0.15) is 25.0 Å². The summed E-state index contributed by atoms with van der Waals surface area (Å²) in [5.74, 6) is 0.405. The largest absolute Gasteiger partial charge is 0.368 e. The van der Waals surface area contributed by atoms with Gasteiger partial charge in [-0.2, -0.15) is 5.26 Å². The summed E-state index contributed by atoms with van der Waals surface area (Å²) in [5, 5.41) is 20.6. The standard InChI is InChI=1S/C20H18FN5/c1-20(2,16-3-5-17(21)6-4-16)13-24-19-8-7-18(25-26-19)15-9-14(10-22)11-23-12-15/h3-9,11-12H,13H2,1-2H3,(H,24,26). The zero-order valence-corrected chi connectivity index (χ0v) is 14.6. The molecule has 0 aliphatic carbocycles. The minimum Gasteiger partial charge on any atom is -0.368 e. The van der Waals surface area contributed by atoms with Gasteiger partial charge in [0, 0.05) is 29.9 Å². The van der Waals surface area contributed by atoms with Crippen molar-refractivity contribution in [3.8, 4) is 17.3 Å². The highest BCUT2D eigenvalue weighted by molar-refractivity contribution is 5.60. The predicted octanol–water partition coefficient (Wildman–Crippen LogP) is 3.94. The molecule has 0 saturated carbocycles. The van der Waals surface area contributed by atoms with Crippen molar-refractivity contribution in [2.24, 2.45) is 0 Å². The van der Waals surface area contributed by atoms with Crippen molar-refractivity contribution in [2.45, 2.75) is 19.3 Å². The number of benzene rings is 1. The molecule has 1 N–H and O–H groups in total. The molecule has 0 spiro atoms. The fraction of sp³-hybridized carbons (Fsp3) is 0.200. The minimum atomic E-state index is -0.242. The highest BCUT2D eigenvalue weighted by atomic mass is 19.1. The van der Waals surface area contributed by atoms with Gasteiger partial charge in [-0.05, 0) is 35.9 Å². The molecule has 0 aliphatic rings. The van der Waals surface area contributed by atoms with E-state index in [0.717, 1.165) is 11.1 Å². The van der Waals surface area contributed by atoms with Crippen molar-refractivity contribution in [1.82, 2.24) is 15.2 Å². The second-order valence-electron chi connectivity index (χ2n) is 6.62. The molecule has 3 rings (SSSR count). The Morgan fingerprint density at radius 3 is 2.50 bits per heavy atom. The normalized spacial score (nSPS) is 11.0. The lowest BCUT2D eigenvalue weighted by Crippen LogP contribution is -2.28. The average Bonchev–Trinajstić information content (AvgIpc) is 2.67. The smallest absolute Gasteiger partial charge is 0.148 e. The Bertz CT molecular complexity index is 928. The van der Waals surface area contributed by atoms with Gasteiger partial charge in [-0.15, -0.1) is 10.2 Å². The lowest BCUT2D eigenvalue weighted by molar-refractivity contribution is 0.552. The van der Waals surface area contributed by atoms with E-state index >= 15 is 0 Å². The molecule has 0 amide bonds. The van der Waals surface area contributed by atoms with Crippen LogP contribution in [0.15, 0.2) is 54.9 Å². The molecule has 130 valence electrons. The maximum absolute atomic E-state index is 13.1. The van der Waals surface area contributed by atoms with Crippen molar-refractivity contribution < 1.29 is 4.39 Å². The van der Waals surface area contributed by atoms with E-state index in [1.165, 1.54) is 18.3 Å². The SMILES string of the molecule is CC(C)(CNc1ccc(-c2cncc(C#N)c2)nn1)c1ccc(F)cc1. The third-order valence-electron chi connectivity index (χ3n) is 4.16. The van der Waals surface area contributed by atoms with E-state index in [1.807, 2.05) is 12.1 Å². The van der Waals surface area contributed by atoms with Crippen LogP contribution < -0.4 is 5.32 Å². The first-order valence-corrected chi connectivity index (χ1v) is 8.17. The Balaban J connectivity index is 1.69. The third kappa shape index (κ3) is 4.01. The number of aromatic nitrogens is 3. The van der Waals surface area contributed by atoms with Crippen LogP contribution in [-0.2, 0) is 5.41 Å². The van der Waals surface area contributed by atoms with Crippen LogP contribution in [0.2, 0.25) is 0 Å². The maximum atomic E-state index is 13.1. The van der Waals surface area contributed by atoms with Gasteiger partial charge in [0.1, 0.15) is 17.7 Å². The number of nitriles is 1. The molecule has 0 fully saturated rings. The second-order valence-corrected chi connectivity index (χ2v) is 6.62. The van der Waals surface area contributed by atoms with Crippen molar-refractivity contribution in [3.63, 3.8) is 0 Å². The number of rotatable bonds is 5. The summed E-state index contributed by atoms with van der Waals surface area (Å²) in [6.45, 7) is 4.78. The molecule has 3 aromatic rings. The van der Waals surface area contributed by atoms with E-state index in [0.29, 0.717) is 23.6 Å². The number of nitrogens with one attached hydrogen (secondary N) is 1. The molecular formula is C20H18FN5. The van der Waals surface area contributed by atoms with Crippen molar-refractivity contribution in [2.75, 3.05) is 11.9 Å². The Morgan fingerprint density at radius 1 is 1.08 bits per heavy atom. The zero-order valence-electron chi connectivity index (χ0n) is 14.6. The van der Waals surface area contributed by atoms with Gasteiger partial charge in [0.2, 0.25) is 0 Å². The molecule has 0 bridgehead atoms. The second kappa shape index (κ2) is 7.28. The third-order valence-corrected chi connectivity index (χ3v) is 4.16. The number of pyridine rings is 1. The summed E-state index contributed by atoms with van der Waals surface area (Å²) in [5.41, 5.74) is 2.72. The number of hydrogen-bond acceptors (Lipinski definition) is 5. The predicted molar refractivity (Wildman–Crippen MR) is 97.9 cm³/mol. The molecule has 0 radical (unpaired) electrons. The first-order valence-electron chi connectivity index (χ1n) is 8.17. The van der Waals surface area contributed by atoms with Crippen LogP contribution in [0, 0.1) is 17.1 Å². The minimum absolute atomic E-state index is 0.195. The highest BCUT2D eigenvalue weighted by Crippen LogP contribution is 2.24. The first kappa shape index (κ1) is 17.5. The van der Waals surface area contributed by atoms with E-state index in [2.05, 4.69) is 40.4 Å². The van der Waals surface area contributed by atoms with E-state index in [1.54, 1.807) is 24.4 Å². The van der Waals surface area contributed by atoms with Crippen LogP contribution in [0.25, 0.3) is 11.3 Å². The molecule has 2 heterocycles. The molecule has 0 unspecified atom stereocenters. The van der Waals surface area contributed by atoms with Gasteiger partial charge in [0.05, 0.1) is 11.3 Å². The summed E-state index contributed by atoms with van der Waals surface area (Å²) >= 11 is 0. The van der Waals surface area contributed by atoms with Gasteiger partial charge >= 0.3 is 0 Å². The van der Waals surface area contributed by atoms with E-state index in [-0.39, 0.29) is 11.2 Å². The molecule has 6 heteroatoms. The molecular weight excluding hydrogens is 329 g/mol. The summed E-state index contributed by atoms with van der Waals surface area (Å²) in [4.78, 5) is 4.03. The van der Waals surface area contributed by atoms with Gasteiger partial charge in [-0.25, -0.2) is 4.39 Å². The zero-order chi connectivity index (χ0) is 18.6. The Morgan fingerprint density at radius 2 is 1.85 bits per heavy atom. The summed E-state index contributed by atoms with van der Waals surface area (Å²) in [6, 6.07) is 14.0. The Labute approximate surface area is 151 Å². The van der Waals surface area contributed by atoms with Crippen LogP contribution in [0.3, 0.4) is 0 Å². The van der Waals surface area contributed by atoms with Gasteiger partial charge in [0.25, 0.3) is 0 Å². The Hall–Kier alpha value is -3.33. The van der Waals surface area contributed by atoms with Gasteiger partial charge in [0.15, 0.2) is 0 Å². The van der Waals surface area contributed by atoms with Crippen molar-refractivity contribution in [1.29, 1.82) is 5.26 Å². The molecule has 26 heavy (non-hydrogen) atoms. The molecule has 0 saturated heterocycles. The lowest BCUT2D eigenvalue weighted by Gasteiger charge is -2.25. The van der Waals surface area contributed by atoms with E-state index < -0.39 is 0 Å². The molecule has 5 nitrogen and oxygen atoms in total. The number of hydrogen-bond donors (Lipinski definition) is 1. The van der Waals surface area contributed by atoms with Crippen molar-refractivity contribution in [3.05, 3.63) is 71.8 Å². The van der Waals surface area contributed by atoms with Gasteiger partial charge in [-0.1, -0.05) is 26.0 Å². The number of halogens is 1. The van der Waals surface area contributed by atoms with Crippen LogP contribution in [-0.4, -0.2) is 21.7 Å².